The van der Waals surface area contributed by atoms with E-state index in [1.54, 1.807) is 18.2 Å². The fourth-order valence-electron chi connectivity index (χ4n) is 4.21. The van der Waals surface area contributed by atoms with Crippen LogP contribution in [-0.4, -0.2) is 69.3 Å². The van der Waals surface area contributed by atoms with Crippen molar-refractivity contribution in [3.63, 3.8) is 0 Å². The first kappa shape index (κ1) is 20.8. The fourth-order valence-corrected chi connectivity index (χ4v) is 4.21. The standard InChI is InChI=1S/C23H23N5O5/c1-15-11-27-19-20(24-22(27)26(15)12-17-9-6-10-32-17)25(2)23(31)28(21(19)30)13-18(29)33-14-16-7-4-3-5-8-16/h3-11,19-20H,12-14H2,1-2H3. The molecule has 0 aliphatic carbocycles. The third-order valence-electron chi connectivity index (χ3n) is 5.93. The van der Waals surface area contributed by atoms with E-state index in [2.05, 4.69) is 4.99 Å². The van der Waals surface area contributed by atoms with Gasteiger partial charge in [0.15, 0.2) is 12.2 Å². The van der Waals surface area contributed by atoms with Gasteiger partial charge < -0.3 is 23.9 Å². The monoisotopic (exact) mass is 449 g/mol. The lowest BCUT2D eigenvalue weighted by atomic mass is 10.1. The minimum absolute atomic E-state index is 0.0703. The number of urea groups is 1. The minimum Gasteiger partial charge on any atom is -0.467 e. The Labute approximate surface area is 190 Å². The molecule has 0 radical (unpaired) electrons. The molecule has 1 fully saturated rings. The molecular formula is C23H23N5O5. The first-order chi connectivity index (χ1) is 15.9. The molecule has 10 nitrogen and oxygen atoms in total. The van der Waals surface area contributed by atoms with Crippen molar-refractivity contribution in [3.8, 4) is 0 Å². The second-order valence-electron chi connectivity index (χ2n) is 8.09. The van der Waals surface area contributed by atoms with E-state index in [9.17, 15) is 14.4 Å². The van der Waals surface area contributed by atoms with Gasteiger partial charge in [-0.05, 0) is 24.6 Å². The molecule has 1 aromatic carbocycles. The molecule has 0 spiro atoms. The fraction of sp³-hybridized carbons (Fsp3) is 0.304. The van der Waals surface area contributed by atoms with Crippen LogP contribution in [0.25, 0.3) is 0 Å². The molecule has 3 amide bonds. The Balaban J connectivity index is 1.31. The number of ether oxygens (including phenoxy) is 1. The first-order valence-corrected chi connectivity index (χ1v) is 10.6. The molecule has 2 aromatic rings. The number of aliphatic imine (C=N–C) groups is 1. The van der Waals surface area contributed by atoms with Crippen LogP contribution >= 0.6 is 0 Å². The van der Waals surface area contributed by atoms with Crippen molar-refractivity contribution in [2.45, 2.75) is 32.3 Å². The molecule has 3 aliphatic rings. The van der Waals surface area contributed by atoms with Crippen molar-refractivity contribution in [2.24, 2.45) is 4.99 Å². The molecule has 1 aromatic heterocycles. The molecule has 0 N–H and O–H groups in total. The number of carbonyl (C=O) groups is 3. The summed E-state index contributed by atoms with van der Waals surface area (Å²) < 4.78 is 10.7. The number of fused-ring (bicyclic) bond motifs is 3. The smallest absolute Gasteiger partial charge is 0.328 e. The molecule has 5 rings (SSSR count). The summed E-state index contributed by atoms with van der Waals surface area (Å²) in [6.07, 6.45) is 2.75. The summed E-state index contributed by atoms with van der Waals surface area (Å²) in [5, 5.41) is 0. The highest BCUT2D eigenvalue weighted by molar-refractivity contribution is 6.06. The maximum atomic E-state index is 13.3. The van der Waals surface area contributed by atoms with Crippen molar-refractivity contribution < 1.29 is 23.5 Å². The van der Waals surface area contributed by atoms with E-state index in [0.29, 0.717) is 12.5 Å². The Bertz CT molecular complexity index is 1140. The Hall–Kier alpha value is -4.08. The summed E-state index contributed by atoms with van der Waals surface area (Å²) >= 11 is 0. The zero-order valence-electron chi connectivity index (χ0n) is 18.2. The molecule has 4 heterocycles. The normalized spacial score (nSPS) is 21.8. The Morgan fingerprint density at radius 2 is 1.91 bits per heavy atom. The quantitative estimate of drug-likeness (QED) is 0.622. The van der Waals surface area contributed by atoms with E-state index in [-0.39, 0.29) is 6.61 Å². The number of amides is 3. The number of nitrogens with zero attached hydrogens (tertiary/aromatic N) is 5. The lowest BCUT2D eigenvalue weighted by Crippen LogP contribution is -2.65. The number of hydrogen-bond acceptors (Lipinski definition) is 8. The molecule has 10 heteroatoms. The van der Waals surface area contributed by atoms with Crippen LogP contribution in [0.15, 0.2) is 70.0 Å². The van der Waals surface area contributed by atoms with Crippen molar-refractivity contribution in [1.82, 2.24) is 19.6 Å². The van der Waals surface area contributed by atoms with E-state index in [1.807, 2.05) is 60.5 Å². The predicted molar refractivity (Wildman–Crippen MR) is 116 cm³/mol. The third kappa shape index (κ3) is 3.63. The van der Waals surface area contributed by atoms with Gasteiger partial charge in [0.25, 0.3) is 5.91 Å². The largest absolute Gasteiger partial charge is 0.467 e. The topological polar surface area (TPSA) is 98.9 Å². The van der Waals surface area contributed by atoms with Gasteiger partial charge in [-0.3, -0.25) is 14.5 Å². The molecule has 33 heavy (non-hydrogen) atoms. The van der Waals surface area contributed by atoms with Gasteiger partial charge in [-0.2, -0.15) is 0 Å². The van der Waals surface area contributed by atoms with Gasteiger partial charge >= 0.3 is 12.0 Å². The Morgan fingerprint density at radius 1 is 1.12 bits per heavy atom. The molecular weight excluding hydrogens is 426 g/mol. The lowest BCUT2D eigenvalue weighted by Gasteiger charge is -2.39. The number of esters is 1. The molecule has 0 saturated carbocycles. The summed E-state index contributed by atoms with van der Waals surface area (Å²) in [5.74, 6) is 0.183. The van der Waals surface area contributed by atoms with Crippen molar-refractivity contribution >= 4 is 23.9 Å². The summed E-state index contributed by atoms with van der Waals surface area (Å²) in [5.41, 5.74) is 1.72. The van der Waals surface area contributed by atoms with Gasteiger partial charge in [-0.25, -0.2) is 9.79 Å². The van der Waals surface area contributed by atoms with Crippen molar-refractivity contribution in [1.29, 1.82) is 0 Å². The molecule has 170 valence electrons. The Morgan fingerprint density at radius 3 is 2.64 bits per heavy atom. The third-order valence-corrected chi connectivity index (χ3v) is 5.93. The van der Waals surface area contributed by atoms with Gasteiger partial charge in [0.2, 0.25) is 5.96 Å². The number of hydrogen-bond donors (Lipinski definition) is 0. The van der Waals surface area contributed by atoms with E-state index in [1.165, 1.54) is 4.90 Å². The SMILES string of the molecule is CC1=CN2C(=NC3C2C(=O)N(CC(=O)OCc2ccccc2)C(=O)N3C)N1Cc1ccco1. The lowest BCUT2D eigenvalue weighted by molar-refractivity contribution is -0.151. The average Bonchev–Trinajstić information content (AvgIpc) is 3.52. The van der Waals surface area contributed by atoms with E-state index >= 15 is 0 Å². The predicted octanol–water partition coefficient (Wildman–Crippen LogP) is 1.96. The highest BCUT2D eigenvalue weighted by Crippen LogP contribution is 2.34. The van der Waals surface area contributed by atoms with Crippen LogP contribution < -0.4 is 0 Å². The van der Waals surface area contributed by atoms with E-state index in [4.69, 9.17) is 9.15 Å². The number of imide groups is 1. The molecule has 0 bridgehead atoms. The number of likely N-dealkylation sites (N-methyl/N-ethyl adjacent to an activating group) is 1. The molecule has 2 atom stereocenters. The van der Waals surface area contributed by atoms with Crippen LogP contribution in [0.4, 0.5) is 4.79 Å². The van der Waals surface area contributed by atoms with Crippen LogP contribution in [0, 0.1) is 0 Å². The number of rotatable bonds is 6. The Kier molecular flexibility index (Phi) is 5.12. The van der Waals surface area contributed by atoms with Crippen molar-refractivity contribution in [3.05, 3.63) is 71.9 Å². The van der Waals surface area contributed by atoms with Gasteiger partial charge in [0, 0.05) is 18.9 Å². The highest BCUT2D eigenvalue weighted by atomic mass is 16.5. The van der Waals surface area contributed by atoms with Gasteiger partial charge in [0.1, 0.15) is 18.9 Å². The van der Waals surface area contributed by atoms with Crippen LogP contribution in [0.5, 0.6) is 0 Å². The zero-order chi connectivity index (χ0) is 23.1. The second kappa shape index (κ2) is 8.12. The first-order valence-electron chi connectivity index (χ1n) is 10.6. The molecule has 3 aliphatic heterocycles. The summed E-state index contributed by atoms with van der Waals surface area (Å²) in [7, 11) is 1.58. The maximum absolute atomic E-state index is 13.3. The highest BCUT2D eigenvalue weighted by Gasteiger charge is 2.54. The molecule has 1 saturated heterocycles. The van der Waals surface area contributed by atoms with E-state index < -0.39 is 36.7 Å². The number of carbonyl (C=O) groups excluding carboxylic acids is 3. The van der Waals surface area contributed by atoms with Crippen LogP contribution in [0.3, 0.4) is 0 Å². The average molecular weight is 449 g/mol. The van der Waals surface area contributed by atoms with Gasteiger partial charge in [-0.1, -0.05) is 30.3 Å². The summed E-state index contributed by atoms with van der Waals surface area (Å²) in [4.78, 5) is 49.3. The van der Waals surface area contributed by atoms with Crippen LogP contribution in [0.2, 0.25) is 0 Å². The van der Waals surface area contributed by atoms with Gasteiger partial charge in [-0.15, -0.1) is 0 Å². The number of furan rings is 1. The number of benzene rings is 1. The van der Waals surface area contributed by atoms with Crippen LogP contribution in [-0.2, 0) is 27.5 Å². The van der Waals surface area contributed by atoms with Gasteiger partial charge in [0.05, 0.1) is 12.8 Å². The summed E-state index contributed by atoms with van der Waals surface area (Å²) in [6, 6.07) is 11.6. The maximum Gasteiger partial charge on any atom is 0.328 e. The second-order valence-corrected chi connectivity index (χ2v) is 8.09. The van der Waals surface area contributed by atoms with Crippen molar-refractivity contribution in [2.75, 3.05) is 13.6 Å². The van der Waals surface area contributed by atoms with E-state index in [0.717, 1.165) is 21.9 Å². The molecule has 2 unspecified atom stereocenters. The van der Waals surface area contributed by atoms with Crippen LogP contribution in [0.1, 0.15) is 18.2 Å². The minimum atomic E-state index is -0.749. The summed E-state index contributed by atoms with van der Waals surface area (Å²) in [6.45, 7) is 1.98. The number of allylic oxidation sites excluding steroid dienone is 1. The number of guanidine groups is 1. The zero-order valence-corrected chi connectivity index (χ0v) is 18.2.